The molecule has 0 aliphatic carbocycles. The number of ketones is 1. The van der Waals surface area contributed by atoms with E-state index in [1.807, 2.05) is 43.3 Å². The van der Waals surface area contributed by atoms with E-state index in [-0.39, 0.29) is 18.3 Å². The SMILES string of the molecule is CCC(=O)c1ccc(OCC(=O)Nc2ccc3oc4ccccc4c3c2)cc1. The van der Waals surface area contributed by atoms with E-state index in [1.54, 1.807) is 30.3 Å². The number of nitrogens with one attached hydrogen (secondary N) is 1. The standard InChI is InChI=1S/C23H19NO4/c1-2-20(25)15-7-10-17(11-8-15)27-14-23(26)24-16-9-12-22-19(13-16)18-5-3-4-6-21(18)28-22/h3-13H,2,14H2,1H3,(H,24,26). The summed E-state index contributed by atoms with van der Waals surface area (Å²) in [5.74, 6) is 0.353. The van der Waals surface area contributed by atoms with Crippen LogP contribution in [0.5, 0.6) is 5.75 Å². The minimum atomic E-state index is -0.263. The molecule has 0 saturated heterocycles. The summed E-state index contributed by atoms with van der Waals surface area (Å²) >= 11 is 0. The zero-order valence-electron chi connectivity index (χ0n) is 15.4. The number of carbonyl (C=O) groups excluding carboxylic acids is 2. The summed E-state index contributed by atoms with van der Waals surface area (Å²) in [6.45, 7) is 1.70. The summed E-state index contributed by atoms with van der Waals surface area (Å²) in [5.41, 5.74) is 2.91. The van der Waals surface area contributed by atoms with Crippen molar-refractivity contribution in [3.63, 3.8) is 0 Å². The Kier molecular flexibility index (Phi) is 4.81. The molecule has 140 valence electrons. The van der Waals surface area contributed by atoms with E-state index in [4.69, 9.17) is 9.15 Å². The zero-order chi connectivity index (χ0) is 19.5. The van der Waals surface area contributed by atoms with E-state index in [2.05, 4.69) is 5.32 Å². The number of para-hydroxylation sites is 1. The predicted molar refractivity (Wildman–Crippen MR) is 109 cm³/mol. The second kappa shape index (κ2) is 7.56. The minimum absolute atomic E-state index is 0.0754. The molecule has 1 heterocycles. The number of rotatable bonds is 6. The Morgan fingerprint density at radius 2 is 1.68 bits per heavy atom. The molecule has 0 radical (unpaired) electrons. The normalized spacial score (nSPS) is 10.9. The van der Waals surface area contributed by atoms with Crippen molar-refractivity contribution in [1.29, 1.82) is 0 Å². The first-order valence-electron chi connectivity index (χ1n) is 9.11. The number of ether oxygens (including phenoxy) is 1. The van der Waals surface area contributed by atoms with E-state index in [1.165, 1.54) is 0 Å². The maximum atomic E-state index is 12.2. The lowest BCUT2D eigenvalue weighted by Crippen LogP contribution is -2.20. The second-order valence-electron chi connectivity index (χ2n) is 6.45. The van der Waals surface area contributed by atoms with Gasteiger partial charge in [0.05, 0.1) is 0 Å². The number of benzene rings is 3. The Bertz CT molecular complexity index is 1160. The number of fused-ring (bicyclic) bond motifs is 3. The number of furan rings is 1. The number of hydrogen-bond donors (Lipinski definition) is 1. The van der Waals surface area contributed by atoms with Gasteiger partial charge < -0.3 is 14.5 Å². The molecule has 0 aliphatic rings. The smallest absolute Gasteiger partial charge is 0.262 e. The van der Waals surface area contributed by atoms with E-state index < -0.39 is 0 Å². The Morgan fingerprint density at radius 3 is 2.46 bits per heavy atom. The van der Waals surface area contributed by atoms with Gasteiger partial charge in [0.25, 0.3) is 5.91 Å². The van der Waals surface area contributed by atoms with Crippen LogP contribution in [-0.4, -0.2) is 18.3 Å². The van der Waals surface area contributed by atoms with Gasteiger partial charge in [-0.05, 0) is 48.5 Å². The summed E-state index contributed by atoms with van der Waals surface area (Å²) < 4.78 is 11.3. The third kappa shape index (κ3) is 3.60. The van der Waals surface area contributed by atoms with E-state index in [0.717, 1.165) is 21.9 Å². The molecular weight excluding hydrogens is 354 g/mol. The Labute approximate surface area is 161 Å². The van der Waals surface area contributed by atoms with Crippen LogP contribution in [0.1, 0.15) is 23.7 Å². The average molecular weight is 373 g/mol. The fourth-order valence-corrected chi connectivity index (χ4v) is 3.09. The van der Waals surface area contributed by atoms with Gasteiger partial charge in [-0.1, -0.05) is 25.1 Å². The number of carbonyl (C=O) groups is 2. The molecule has 5 nitrogen and oxygen atoms in total. The maximum Gasteiger partial charge on any atom is 0.262 e. The maximum absolute atomic E-state index is 12.2. The first-order valence-corrected chi connectivity index (χ1v) is 9.11. The van der Waals surface area contributed by atoms with Gasteiger partial charge in [-0.2, -0.15) is 0 Å². The van der Waals surface area contributed by atoms with E-state index in [0.29, 0.717) is 23.4 Å². The van der Waals surface area contributed by atoms with Crippen molar-refractivity contribution < 1.29 is 18.7 Å². The van der Waals surface area contributed by atoms with Crippen molar-refractivity contribution in [2.75, 3.05) is 11.9 Å². The van der Waals surface area contributed by atoms with Crippen LogP contribution in [0.15, 0.2) is 71.1 Å². The van der Waals surface area contributed by atoms with Gasteiger partial charge >= 0.3 is 0 Å². The lowest BCUT2D eigenvalue weighted by Gasteiger charge is -2.08. The van der Waals surface area contributed by atoms with Gasteiger partial charge in [0.2, 0.25) is 0 Å². The average Bonchev–Trinajstić information content (AvgIpc) is 3.10. The lowest BCUT2D eigenvalue weighted by atomic mass is 10.1. The van der Waals surface area contributed by atoms with Crippen molar-refractivity contribution in [3.05, 3.63) is 72.3 Å². The zero-order valence-corrected chi connectivity index (χ0v) is 15.4. The predicted octanol–water partition coefficient (Wildman–Crippen LogP) is 5.20. The molecule has 0 bridgehead atoms. The van der Waals surface area contributed by atoms with Gasteiger partial charge in [0, 0.05) is 28.4 Å². The molecule has 0 saturated carbocycles. The summed E-state index contributed by atoms with van der Waals surface area (Å²) in [6, 6.07) is 20.1. The highest BCUT2D eigenvalue weighted by Gasteiger charge is 2.09. The van der Waals surface area contributed by atoms with E-state index >= 15 is 0 Å². The highest BCUT2D eigenvalue weighted by molar-refractivity contribution is 6.07. The van der Waals surface area contributed by atoms with Crippen molar-refractivity contribution in [3.8, 4) is 5.75 Å². The molecule has 0 spiro atoms. The van der Waals surface area contributed by atoms with Crippen LogP contribution in [0.25, 0.3) is 21.9 Å². The summed E-state index contributed by atoms with van der Waals surface area (Å²) in [7, 11) is 0. The quantitative estimate of drug-likeness (QED) is 0.472. The third-order valence-electron chi connectivity index (χ3n) is 4.53. The van der Waals surface area contributed by atoms with Crippen LogP contribution >= 0.6 is 0 Å². The highest BCUT2D eigenvalue weighted by Crippen LogP contribution is 2.30. The molecule has 5 heteroatoms. The summed E-state index contributed by atoms with van der Waals surface area (Å²) in [6.07, 6.45) is 0.457. The molecule has 3 aromatic carbocycles. The monoisotopic (exact) mass is 373 g/mol. The van der Waals surface area contributed by atoms with Crippen LogP contribution < -0.4 is 10.1 Å². The van der Waals surface area contributed by atoms with Gasteiger partial charge in [0.1, 0.15) is 16.9 Å². The number of hydrogen-bond acceptors (Lipinski definition) is 4. The van der Waals surface area contributed by atoms with Gasteiger partial charge in [-0.15, -0.1) is 0 Å². The Balaban J connectivity index is 1.42. The fraction of sp³-hybridized carbons (Fsp3) is 0.130. The molecule has 4 aromatic rings. The van der Waals surface area contributed by atoms with Crippen molar-refractivity contribution in [1.82, 2.24) is 0 Å². The molecule has 0 unspecified atom stereocenters. The van der Waals surface area contributed by atoms with Crippen LogP contribution in [0.3, 0.4) is 0 Å². The number of anilines is 1. The first kappa shape index (κ1) is 17.8. The first-order chi connectivity index (χ1) is 13.6. The molecule has 0 fully saturated rings. The molecule has 28 heavy (non-hydrogen) atoms. The van der Waals surface area contributed by atoms with Crippen LogP contribution in [0, 0.1) is 0 Å². The van der Waals surface area contributed by atoms with E-state index in [9.17, 15) is 9.59 Å². The highest BCUT2D eigenvalue weighted by atomic mass is 16.5. The molecule has 0 aliphatic heterocycles. The minimum Gasteiger partial charge on any atom is -0.484 e. The second-order valence-corrected chi connectivity index (χ2v) is 6.45. The van der Waals surface area contributed by atoms with Crippen molar-refractivity contribution >= 4 is 39.3 Å². The molecular formula is C23H19NO4. The van der Waals surface area contributed by atoms with Crippen molar-refractivity contribution in [2.24, 2.45) is 0 Å². The number of Topliss-reactive ketones (excluding diaryl/α,β-unsaturated/α-hetero) is 1. The van der Waals surface area contributed by atoms with Crippen LogP contribution in [0.4, 0.5) is 5.69 Å². The van der Waals surface area contributed by atoms with Gasteiger partial charge in [-0.25, -0.2) is 0 Å². The fourth-order valence-electron chi connectivity index (χ4n) is 3.09. The summed E-state index contributed by atoms with van der Waals surface area (Å²) in [4.78, 5) is 23.9. The molecule has 0 atom stereocenters. The third-order valence-corrected chi connectivity index (χ3v) is 4.53. The number of amides is 1. The van der Waals surface area contributed by atoms with Crippen LogP contribution in [0.2, 0.25) is 0 Å². The lowest BCUT2D eigenvalue weighted by molar-refractivity contribution is -0.118. The Hall–Kier alpha value is -3.60. The van der Waals surface area contributed by atoms with Crippen LogP contribution in [-0.2, 0) is 4.79 Å². The largest absolute Gasteiger partial charge is 0.484 e. The molecule has 1 amide bonds. The molecule has 4 rings (SSSR count). The topological polar surface area (TPSA) is 68.5 Å². The molecule has 1 N–H and O–H groups in total. The van der Waals surface area contributed by atoms with Gasteiger partial charge in [-0.3, -0.25) is 9.59 Å². The van der Waals surface area contributed by atoms with Crippen molar-refractivity contribution in [2.45, 2.75) is 13.3 Å². The Morgan fingerprint density at radius 1 is 0.929 bits per heavy atom. The van der Waals surface area contributed by atoms with Gasteiger partial charge in [0.15, 0.2) is 12.4 Å². The molecule has 1 aromatic heterocycles. The summed E-state index contributed by atoms with van der Waals surface area (Å²) in [5, 5.41) is 4.79.